The Morgan fingerprint density at radius 3 is 2.89 bits per heavy atom. The van der Waals surface area contributed by atoms with Crippen molar-refractivity contribution in [1.82, 2.24) is 19.7 Å². The molecular formula is C12H9ClN4O. The monoisotopic (exact) mass is 260 g/mol. The number of hydrogen-bond acceptors (Lipinski definition) is 4. The van der Waals surface area contributed by atoms with Crippen LogP contribution in [0.1, 0.15) is 0 Å². The Balaban J connectivity index is 2.08. The molecule has 0 fully saturated rings. The standard InChI is InChI=1S/C12H9ClN4O/c1-17-11-8(6-16-17)12(15-7-14-11)18-10-5-3-2-4-9(10)13/h2-7H,1H3. The van der Waals surface area contributed by atoms with Gasteiger partial charge in [-0.05, 0) is 12.1 Å². The second-order valence-corrected chi connectivity index (χ2v) is 4.12. The van der Waals surface area contributed by atoms with Crippen LogP contribution in [0.15, 0.2) is 36.8 Å². The van der Waals surface area contributed by atoms with Gasteiger partial charge < -0.3 is 4.74 Å². The van der Waals surface area contributed by atoms with Gasteiger partial charge in [-0.15, -0.1) is 0 Å². The van der Waals surface area contributed by atoms with Crippen molar-refractivity contribution in [2.45, 2.75) is 0 Å². The molecule has 0 N–H and O–H groups in total. The lowest BCUT2D eigenvalue weighted by atomic mass is 10.3. The van der Waals surface area contributed by atoms with Gasteiger partial charge in [0.25, 0.3) is 0 Å². The number of benzene rings is 1. The van der Waals surface area contributed by atoms with E-state index in [1.54, 1.807) is 23.0 Å². The minimum absolute atomic E-state index is 0.446. The van der Waals surface area contributed by atoms with E-state index in [0.717, 1.165) is 5.39 Å². The molecule has 0 aliphatic rings. The first-order valence-corrected chi connectivity index (χ1v) is 5.68. The van der Waals surface area contributed by atoms with E-state index in [4.69, 9.17) is 16.3 Å². The summed E-state index contributed by atoms with van der Waals surface area (Å²) in [7, 11) is 1.81. The number of nitrogens with zero attached hydrogens (tertiary/aromatic N) is 4. The molecule has 0 amide bonds. The van der Waals surface area contributed by atoms with E-state index < -0.39 is 0 Å². The molecule has 0 aliphatic heterocycles. The molecule has 0 radical (unpaired) electrons. The van der Waals surface area contributed by atoms with Crippen molar-refractivity contribution < 1.29 is 4.74 Å². The minimum atomic E-state index is 0.446. The van der Waals surface area contributed by atoms with Crippen LogP contribution in [-0.4, -0.2) is 19.7 Å². The maximum atomic E-state index is 6.04. The maximum absolute atomic E-state index is 6.04. The lowest BCUT2D eigenvalue weighted by molar-refractivity contribution is 0.468. The second kappa shape index (κ2) is 4.27. The number of ether oxygens (including phenoxy) is 1. The topological polar surface area (TPSA) is 52.8 Å². The smallest absolute Gasteiger partial charge is 0.233 e. The Morgan fingerprint density at radius 1 is 1.22 bits per heavy atom. The summed E-state index contributed by atoms with van der Waals surface area (Å²) in [4.78, 5) is 8.25. The molecule has 5 nitrogen and oxygen atoms in total. The lowest BCUT2D eigenvalue weighted by Crippen LogP contribution is -1.94. The van der Waals surface area contributed by atoms with Crippen LogP contribution in [0.25, 0.3) is 11.0 Å². The van der Waals surface area contributed by atoms with Crippen molar-refractivity contribution in [2.75, 3.05) is 0 Å². The third-order valence-corrected chi connectivity index (χ3v) is 2.85. The van der Waals surface area contributed by atoms with Crippen LogP contribution in [0.5, 0.6) is 11.6 Å². The van der Waals surface area contributed by atoms with Crippen molar-refractivity contribution in [3.05, 3.63) is 41.8 Å². The number of rotatable bonds is 2. The summed E-state index contributed by atoms with van der Waals surface area (Å²) in [6, 6.07) is 7.24. The average Bonchev–Trinajstić information content (AvgIpc) is 2.76. The molecule has 6 heteroatoms. The van der Waals surface area contributed by atoms with Crippen molar-refractivity contribution in [2.24, 2.45) is 7.05 Å². The molecule has 0 saturated carbocycles. The van der Waals surface area contributed by atoms with Crippen molar-refractivity contribution in [1.29, 1.82) is 0 Å². The van der Waals surface area contributed by atoms with Crippen LogP contribution >= 0.6 is 11.6 Å². The molecular weight excluding hydrogens is 252 g/mol. The molecule has 90 valence electrons. The largest absolute Gasteiger partial charge is 0.437 e. The fraction of sp³-hybridized carbons (Fsp3) is 0.0833. The first-order chi connectivity index (χ1) is 8.75. The molecule has 18 heavy (non-hydrogen) atoms. The molecule has 1 aromatic carbocycles. The van der Waals surface area contributed by atoms with Crippen LogP contribution in [0.3, 0.4) is 0 Å². The Labute approximate surface area is 108 Å². The highest BCUT2D eigenvalue weighted by atomic mass is 35.5. The van der Waals surface area contributed by atoms with Gasteiger partial charge in [0.1, 0.15) is 17.5 Å². The number of fused-ring (bicyclic) bond motifs is 1. The van der Waals surface area contributed by atoms with Gasteiger partial charge >= 0.3 is 0 Å². The number of hydrogen-bond donors (Lipinski definition) is 0. The first kappa shape index (κ1) is 11.0. The Bertz CT molecular complexity index is 710. The van der Waals surface area contributed by atoms with Gasteiger partial charge in [0.2, 0.25) is 5.88 Å². The Hall–Kier alpha value is -2.14. The van der Waals surface area contributed by atoms with Gasteiger partial charge in [-0.3, -0.25) is 4.68 Å². The van der Waals surface area contributed by atoms with Gasteiger partial charge in [0.15, 0.2) is 5.65 Å². The highest BCUT2D eigenvalue weighted by molar-refractivity contribution is 6.32. The van der Waals surface area contributed by atoms with Crippen LogP contribution in [0, 0.1) is 0 Å². The van der Waals surface area contributed by atoms with E-state index in [-0.39, 0.29) is 0 Å². The van der Waals surface area contributed by atoms with Crippen molar-refractivity contribution in [3.8, 4) is 11.6 Å². The van der Waals surface area contributed by atoms with E-state index >= 15 is 0 Å². The minimum Gasteiger partial charge on any atom is -0.437 e. The van der Waals surface area contributed by atoms with Gasteiger partial charge in [-0.2, -0.15) is 5.10 Å². The van der Waals surface area contributed by atoms with Gasteiger partial charge in [0, 0.05) is 7.05 Å². The van der Waals surface area contributed by atoms with E-state index in [1.165, 1.54) is 6.33 Å². The normalized spacial score (nSPS) is 10.8. The van der Waals surface area contributed by atoms with Crippen LogP contribution < -0.4 is 4.74 Å². The molecule has 3 rings (SSSR count). The molecule has 2 heterocycles. The van der Waals surface area contributed by atoms with Gasteiger partial charge in [0.05, 0.1) is 11.2 Å². The molecule has 2 aromatic heterocycles. The summed E-state index contributed by atoms with van der Waals surface area (Å²) < 4.78 is 7.36. The summed E-state index contributed by atoms with van der Waals surface area (Å²) in [5.74, 6) is 1.00. The molecule has 3 aromatic rings. The molecule has 0 unspecified atom stereocenters. The first-order valence-electron chi connectivity index (χ1n) is 5.31. The SMILES string of the molecule is Cn1ncc2c(Oc3ccccc3Cl)ncnc21. The summed E-state index contributed by atoms with van der Waals surface area (Å²) in [5.41, 5.74) is 0.715. The molecule has 0 spiro atoms. The van der Waals surface area contributed by atoms with Gasteiger partial charge in [-0.25, -0.2) is 9.97 Å². The predicted molar refractivity (Wildman–Crippen MR) is 67.8 cm³/mol. The summed E-state index contributed by atoms with van der Waals surface area (Å²) in [6.07, 6.45) is 3.11. The highest BCUT2D eigenvalue weighted by Gasteiger charge is 2.10. The zero-order valence-corrected chi connectivity index (χ0v) is 10.3. The quantitative estimate of drug-likeness (QED) is 0.711. The maximum Gasteiger partial charge on any atom is 0.233 e. The van der Waals surface area contributed by atoms with E-state index in [9.17, 15) is 0 Å². The number of aromatic nitrogens is 4. The average molecular weight is 261 g/mol. The van der Waals surface area contributed by atoms with E-state index in [0.29, 0.717) is 22.3 Å². The zero-order valence-electron chi connectivity index (χ0n) is 9.54. The van der Waals surface area contributed by atoms with Crippen LogP contribution in [0.2, 0.25) is 5.02 Å². The van der Waals surface area contributed by atoms with E-state index in [2.05, 4.69) is 15.1 Å². The summed E-state index contributed by atoms with van der Waals surface area (Å²) in [6.45, 7) is 0. The fourth-order valence-corrected chi connectivity index (χ4v) is 1.83. The summed E-state index contributed by atoms with van der Waals surface area (Å²) in [5, 5.41) is 5.41. The third-order valence-electron chi connectivity index (χ3n) is 2.54. The fourth-order valence-electron chi connectivity index (χ4n) is 1.65. The lowest BCUT2D eigenvalue weighted by Gasteiger charge is -2.06. The van der Waals surface area contributed by atoms with Crippen LogP contribution in [0.4, 0.5) is 0 Å². The number of para-hydroxylation sites is 1. The zero-order chi connectivity index (χ0) is 12.5. The third kappa shape index (κ3) is 1.78. The highest BCUT2D eigenvalue weighted by Crippen LogP contribution is 2.30. The Kier molecular flexibility index (Phi) is 2.60. The molecule has 0 saturated heterocycles. The van der Waals surface area contributed by atoms with Crippen molar-refractivity contribution >= 4 is 22.6 Å². The van der Waals surface area contributed by atoms with Gasteiger partial charge in [-0.1, -0.05) is 23.7 Å². The molecule has 0 bridgehead atoms. The summed E-state index contributed by atoms with van der Waals surface area (Å²) >= 11 is 6.04. The van der Waals surface area contributed by atoms with E-state index in [1.807, 2.05) is 19.2 Å². The number of aryl methyl sites for hydroxylation is 1. The molecule has 0 atom stereocenters. The number of halogens is 1. The molecule has 0 aliphatic carbocycles. The van der Waals surface area contributed by atoms with Crippen molar-refractivity contribution in [3.63, 3.8) is 0 Å². The van der Waals surface area contributed by atoms with Crippen LogP contribution in [-0.2, 0) is 7.05 Å². The second-order valence-electron chi connectivity index (χ2n) is 3.72. The Morgan fingerprint density at radius 2 is 2.06 bits per heavy atom. The predicted octanol–water partition coefficient (Wildman–Crippen LogP) is 2.81.